The smallest absolute Gasteiger partial charge is 0.323 e. The van der Waals surface area contributed by atoms with Gasteiger partial charge < -0.3 is 15.2 Å². The summed E-state index contributed by atoms with van der Waals surface area (Å²) in [5.41, 5.74) is 3.58. The highest BCUT2D eigenvalue weighted by Crippen LogP contribution is 2.18. The van der Waals surface area contributed by atoms with E-state index in [0.717, 1.165) is 5.70 Å². The summed E-state index contributed by atoms with van der Waals surface area (Å²) in [7, 11) is 1.72. The van der Waals surface area contributed by atoms with Gasteiger partial charge in [0.05, 0.1) is 24.5 Å². The quantitative estimate of drug-likeness (QED) is 0.575. The minimum atomic E-state index is -0.704. The van der Waals surface area contributed by atoms with E-state index in [9.17, 15) is 14.5 Å². The molecule has 2 heterocycles. The predicted molar refractivity (Wildman–Crippen MR) is 68.8 cm³/mol. The fourth-order valence-electron chi connectivity index (χ4n) is 1.94. The van der Waals surface area contributed by atoms with Crippen LogP contribution in [-0.4, -0.2) is 51.0 Å². The molecule has 0 saturated heterocycles. The van der Waals surface area contributed by atoms with E-state index in [-0.39, 0.29) is 19.0 Å². The van der Waals surface area contributed by atoms with Gasteiger partial charge in [-0.2, -0.15) is 0 Å². The van der Waals surface area contributed by atoms with Crippen molar-refractivity contribution in [2.24, 2.45) is 0 Å². The maximum absolute atomic E-state index is 12.7. The molecule has 0 saturated carbocycles. The number of aliphatic hydroxyl groups excluding tert-OH is 1. The Morgan fingerprint density at radius 2 is 2.35 bits per heavy atom. The lowest BCUT2D eigenvalue weighted by Crippen LogP contribution is -2.46. The number of nitrogens with zero attached hydrogens (tertiary/aromatic N) is 4. The number of hydrazine groups is 2. The highest BCUT2D eigenvalue weighted by Gasteiger charge is 2.25. The molecule has 0 aromatic carbocycles. The van der Waals surface area contributed by atoms with Crippen LogP contribution in [0.2, 0.25) is 0 Å². The summed E-state index contributed by atoms with van der Waals surface area (Å²) in [6.07, 6.45) is 3.23. The number of aliphatic hydroxyl groups is 1. The molecule has 1 aromatic heterocycles. The van der Waals surface area contributed by atoms with Crippen LogP contribution in [0, 0.1) is 10.1 Å². The van der Waals surface area contributed by atoms with Crippen molar-refractivity contribution < 1.29 is 14.4 Å². The van der Waals surface area contributed by atoms with Gasteiger partial charge >= 0.3 is 5.82 Å². The molecular weight excluding hydrogens is 269 g/mol. The number of rotatable bonds is 6. The Kier molecular flexibility index (Phi) is 4.20. The molecule has 0 spiro atoms. The molecule has 0 fully saturated rings. The van der Waals surface area contributed by atoms with Crippen molar-refractivity contribution in [1.29, 1.82) is 0 Å². The van der Waals surface area contributed by atoms with Gasteiger partial charge in [0.15, 0.2) is 0 Å². The van der Waals surface area contributed by atoms with Gasteiger partial charge in [0.1, 0.15) is 13.2 Å². The van der Waals surface area contributed by atoms with Gasteiger partial charge in [-0.05, 0) is 11.0 Å². The summed E-state index contributed by atoms with van der Waals surface area (Å²) in [5.74, 6) is -0.0121. The van der Waals surface area contributed by atoms with Gasteiger partial charge in [-0.1, -0.05) is 0 Å². The molecule has 1 atom stereocenters. The van der Waals surface area contributed by atoms with Crippen molar-refractivity contribution in [3.8, 4) is 0 Å². The molecule has 1 aromatic rings. The number of likely N-dealkylation sites (N-methyl/N-ethyl adjacent to an activating group) is 1. The van der Waals surface area contributed by atoms with E-state index < -0.39 is 17.6 Å². The Labute approximate surface area is 114 Å². The van der Waals surface area contributed by atoms with Gasteiger partial charge in [-0.3, -0.25) is 10.0 Å². The van der Waals surface area contributed by atoms with Crippen LogP contribution in [-0.2, 0) is 6.54 Å². The van der Waals surface area contributed by atoms with Crippen LogP contribution in [0.3, 0.4) is 0 Å². The fraction of sp³-hybridized carbons (Fsp3) is 0.455. The Balaban J connectivity index is 2.14. The number of hydrogen-bond acceptors (Lipinski definition) is 6. The van der Waals surface area contributed by atoms with Crippen molar-refractivity contribution in [2.45, 2.75) is 12.6 Å². The Morgan fingerprint density at radius 3 is 2.95 bits per heavy atom. The lowest BCUT2D eigenvalue weighted by atomic mass is 10.3. The lowest BCUT2D eigenvalue weighted by molar-refractivity contribution is -0.392. The van der Waals surface area contributed by atoms with Crippen LogP contribution >= 0.6 is 0 Å². The number of halogens is 1. The van der Waals surface area contributed by atoms with Gasteiger partial charge in [-0.25, -0.2) is 8.96 Å². The molecule has 2 N–H and O–H groups in total. The molecule has 110 valence electrons. The van der Waals surface area contributed by atoms with E-state index in [2.05, 4.69) is 5.53 Å². The lowest BCUT2D eigenvalue weighted by Gasteiger charge is -2.25. The molecule has 9 heteroatoms. The average Bonchev–Trinajstić information content (AvgIpc) is 3.00. The van der Waals surface area contributed by atoms with Gasteiger partial charge in [0.2, 0.25) is 0 Å². The van der Waals surface area contributed by atoms with E-state index in [0.29, 0.717) is 0 Å². The summed E-state index contributed by atoms with van der Waals surface area (Å²) in [6.45, 7) is -0.761. The van der Waals surface area contributed by atoms with Crippen LogP contribution in [0.5, 0.6) is 0 Å². The van der Waals surface area contributed by atoms with Crippen molar-refractivity contribution in [2.75, 3.05) is 20.3 Å². The molecule has 8 nitrogen and oxygen atoms in total. The maximum atomic E-state index is 12.7. The number of allylic oxidation sites excluding steroid dienone is 1. The predicted octanol–water partition coefficient (Wildman–Crippen LogP) is 0.235. The first-order valence-electron chi connectivity index (χ1n) is 6.02. The Morgan fingerprint density at radius 1 is 1.60 bits per heavy atom. The first-order valence-corrected chi connectivity index (χ1v) is 6.02. The molecule has 0 radical (unpaired) electrons. The summed E-state index contributed by atoms with van der Waals surface area (Å²) in [6, 6.07) is 2.32. The van der Waals surface area contributed by atoms with Crippen LogP contribution in [0.4, 0.5) is 10.2 Å². The summed E-state index contributed by atoms with van der Waals surface area (Å²) < 4.78 is 14.2. The molecule has 0 aliphatic carbocycles. The van der Waals surface area contributed by atoms with E-state index in [1.54, 1.807) is 30.5 Å². The largest absolute Gasteiger partial charge is 0.394 e. The normalized spacial score (nSPS) is 16.4. The second kappa shape index (κ2) is 5.88. The van der Waals surface area contributed by atoms with E-state index in [1.807, 2.05) is 0 Å². The topological polar surface area (TPSA) is 86.8 Å². The van der Waals surface area contributed by atoms with E-state index >= 15 is 0 Å². The van der Waals surface area contributed by atoms with E-state index in [1.165, 1.54) is 15.6 Å². The molecule has 20 heavy (non-hydrogen) atoms. The number of nitrogens with one attached hydrogen (secondary N) is 1. The van der Waals surface area contributed by atoms with Crippen molar-refractivity contribution in [1.82, 2.24) is 20.1 Å². The second-order valence-electron chi connectivity index (χ2n) is 4.43. The summed E-state index contributed by atoms with van der Waals surface area (Å²) in [5, 5.41) is 23.0. The van der Waals surface area contributed by atoms with Crippen LogP contribution in [0.1, 0.15) is 0 Å². The first kappa shape index (κ1) is 14.3. The zero-order valence-corrected chi connectivity index (χ0v) is 10.9. The maximum Gasteiger partial charge on any atom is 0.323 e. The summed E-state index contributed by atoms with van der Waals surface area (Å²) >= 11 is 0. The molecule has 2 rings (SSSR count). The first-order chi connectivity index (χ1) is 9.56. The fourth-order valence-corrected chi connectivity index (χ4v) is 1.94. The van der Waals surface area contributed by atoms with Gasteiger partial charge in [-0.15, -0.1) is 5.53 Å². The van der Waals surface area contributed by atoms with E-state index in [4.69, 9.17) is 5.11 Å². The zero-order chi connectivity index (χ0) is 14.7. The summed E-state index contributed by atoms with van der Waals surface area (Å²) in [4.78, 5) is 10.4. The van der Waals surface area contributed by atoms with Crippen LogP contribution < -0.4 is 5.53 Å². The van der Waals surface area contributed by atoms with Crippen molar-refractivity contribution in [3.05, 3.63) is 40.3 Å². The molecule has 1 aliphatic rings. The van der Waals surface area contributed by atoms with Crippen molar-refractivity contribution in [3.63, 3.8) is 0 Å². The standard InChI is InChI=1S/C11H16FN5O3/c1-14-10(7-16(13-14)9(5-12)8-18)6-15-4-2-3-11(15)17(19)20/h2-4,7,9,13,18H,5-6,8H2,1H3. The number of nitro groups is 1. The Hall–Kier alpha value is -2.13. The van der Waals surface area contributed by atoms with Crippen LogP contribution in [0.25, 0.3) is 0 Å². The number of hydrogen-bond donors (Lipinski definition) is 2. The van der Waals surface area contributed by atoms with Gasteiger partial charge in [0.25, 0.3) is 0 Å². The molecule has 1 unspecified atom stereocenters. The number of alkyl halides is 1. The zero-order valence-electron chi connectivity index (χ0n) is 10.9. The van der Waals surface area contributed by atoms with Crippen LogP contribution in [0.15, 0.2) is 30.2 Å². The molecule has 0 bridgehead atoms. The van der Waals surface area contributed by atoms with Gasteiger partial charge in [0, 0.05) is 19.3 Å². The molecule has 1 aliphatic heterocycles. The third-order valence-electron chi connectivity index (χ3n) is 3.09. The third kappa shape index (κ3) is 2.73. The monoisotopic (exact) mass is 285 g/mol. The third-order valence-corrected chi connectivity index (χ3v) is 3.09. The average molecular weight is 285 g/mol. The highest BCUT2D eigenvalue weighted by molar-refractivity contribution is 5.23. The SMILES string of the molecule is CN1NN(C(CO)CF)C=C1Cn1cccc1[N+](=O)[O-]. The highest BCUT2D eigenvalue weighted by atomic mass is 19.1. The molecular formula is C11H16FN5O3. The minimum Gasteiger partial charge on any atom is -0.394 e. The second-order valence-corrected chi connectivity index (χ2v) is 4.43. The Bertz CT molecular complexity index is 514. The molecule has 0 amide bonds. The minimum absolute atomic E-state index is 0.0121. The number of aromatic nitrogens is 1. The van der Waals surface area contributed by atoms with Crippen molar-refractivity contribution >= 4 is 5.82 Å².